The molecule has 0 amide bonds. The zero-order chi connectivity index (χ0) is 14.9. The summed E-state index contributed by atoms with van der Waals surface area (Å²) in [5.74, 6) is -16.9. The molecule has 0 aliphatic carbocycles. The van der Waals surface area contributed by atoms with Crippen LogP contribution in [0.15, 0.2) is 0 Å². The van der Waals surface area contributed by atoms with Gasteiger partial charge in [0.15, 0.2) is 29.1 Å². The average molecular weight is 282 g/mol. The molecule has 19 heavy (non-hydrogen) atoms. The monoisotopic (exact) mass is 282 g/mol. The standard InChI is InChI=1S/C11H7F5O3/c1-2-3(11(18)19)10(17)4-5(12)7(14)9(16)8(15)6(4)13/h3H,2H2,1H3,(H,18,19)/t3-/m1/s1. The molecule has 0 aliphatic rings. The Kier molecular flexibility index (Phi) is 4.23. The van der Waals surface area contributed by atoms with Gasteiger partial charge in [0.05, 0.1) is 5.56 Å². The number of carbonyl (C=O) groups is 2. The minimum atomic E-state index is -2.41. The van der Waals surface area contributed by atoms with Crippen molar-refractivity contribution >= 4 is 11.8 Å². The first-order valence-corrected chi connectivity index (χ1v) is 5.02. The third-order valence-electron chi connectivity index (χ3n) is 2.48. The van der Waals surface area contributed by atoms with Crippen LogP contribution < -0.4 is 0 Å². The highest BCUT2D eigenvalue weighted by molar-refractivity contribution is 6.08. The van der Waals surface area contributed by atoms with E-state index in [0.717, 1.165) is 0 Å². The van der Waals surface area contributed by atoms with Crippen LogP contribution in [0.25, 0.3) is 0 Å². The predicted octanol–water partition coefficient (Wildman–Crippen LogP) is 2.68. The number of carbonyl (C=O) groups excluding carboxylic acids is 1. The van der Waals surface area contributed by atoms with Crippen molar-refractivity contribution in [3.05, 3.63) is 34.6 Å². The average Bonchev–Trinajstić information content (AvgIpc) is 2.34. The molecule has 0 aromatic heterocycles. The van der Waals surface area contributed by atoms with Gasteiger partial charge < -0.3 is 5.11 Å². The van der Waals surface area contributed by atoms with Gasteiger partial charge in [-0.15, -0.1) is 0 Å². The van der Waals surface area contributed by atoms with Crippen LogP contribution in [0.3, 0.4) is 0 Å². The maximum absolute atomic E-state index is 13.3. The van der Waals surface area contributed by atoms with Gasteiger partial charge in [0.1, 0.15) is 5.92 Å². The first kappa shape index (κ1) is 15.1. The van der Waals surface area contributed by atoms with Crippen molar-refractivity contribution in [2.24, 2.45) is 5.92 Å². The molecule has 0 saturated carbocycles. The summed E-state index contributed by atoms with van der Waals surface area (Å²) in [6.07, 6.45) is -0.354. The maximum atomic E-state index is 13.3. The molecule has 1 N–H and O–H groups in total. The summed E-state index contributed by atoms with van der Waals surface area (Å²) in [4.78, 5) is 22.2. The van der Waals surface area contributed by atoms with E-state index in [1.807, 2.05) is 0 Å². The fourth-order valence-electron chi connectivity index (χ4n) is 1.47. The SMILES string of the molecule is CC[C@@H](C(=O)O)C(=O)c1c(F)c(F)c(F)c(F)c1F. The molecule has 1 aromatic carbocycles. The second-order valence-electron chi connectivity index (χ2n) is 3.61. The Morgan fingerprint density at radius 1 is 0.947 bits per heavy atom. The smallest absolute Gasteiger partial charge is 0.314 e. The number of carboxylic acid groups (broad SMARTS) is 1. The Morgan fingerprint density at radius 3 is 1.63 bits per heavy atom. The van der Waals surface area contributed by atoms with E-state index in [2.05, 4.69) is 0 Å². The molecule has 1 aromatic rings. The summed E-state index contributed by atoms with van der Waals surface area (Å²) in [6.45, 7) is 1.22. The van der Waals surface area contributed by atoms with Crippen molar-refractivity contribution in [2.45, 2.75) is 13.3 Å². The third-order valence-corrected chi connectivity index (χ3v) is 2.48. The number of hydrogen-bond acceptors (Lipinski definition) is 2. The van der Waals surface area contributed by atoms with Gasteiger partial charge >= 0.3 is 5.97 Å². The zero-order valence-corrected chi connectivity index (χ0v) is 9.44. The van der Waals surface area contributed by atoms with E-state index in [4.69, 9.17) is 5.11 Å². The fraction of sp³-hybridized carbons (Fsp3) is 0.273. The Bertz CT molecular complexity index is 527. The lowest BCUT2D eigenvalue weighted by atomic mass is 9.94. The lowest BCUT2D eigenvalue weighted by Gasteiger charge is -2.11. The minimum absolute atomic E-state index is 0.354. The zero-order valence-electron chi connectivity index (χ0n) is 9.44. The Hall–Kier alpha value is -1.99. The van der Waals surface area contributed by atoms with E-state index in [1.165, 1.54) is 6.92 Å². The van der Waals surface area contributed by atoms with Crippen LogP contribution in [0.2, 0.25) is 0 Å². The van der Waals surface area contributed by atoms with E-state index in [-0.39, 0.29) is 6.42 Å². The summed E-state index contributed by atoms with van der Waals surface area (Å²) in [7, 11) is 0. The van der Waals surface area contributed by atoms with Gasteiger partial charge in [-0.25, -0.2) is 22.0 Å². The molecular formula is C11H7F5O3. The summed E-state index contributed by atoms with van der Waals surface area (Å²) >= 11 is 0. The molecule has 104 valence electrons. The highest BCUT2D eigenvalue weighted by atomic mass is 19.2. The molecule has 3 nitrogen and oxygen atoms in total. The number of aliphatic carboxylic acids is 1. The number of hydrogen-bond donors (Lipinski definition) is 1. The van der Waals surface area contributed by atoms with E-state index in [1.54, 1.807) is 0 Å². The van der Waals surface area contributed by atoms with Crippen molar-refractivity contribution < 1.29 is 36.6 Å². The lowest BCUT2D eigenvalue weighted by molar-refractivity contribution is -0.140. The van der Waals surface area contributed by atoms with Crippen molar-refractivity contribution in [2.75, 3.05) is 0 Å². The highest BCUT2D eigenvalue weighted by Crippen LogP contribution is 2.26. The van der Waals surface area contributed by atoms with Crippen LogP contribution in [-0.2, 0) is 4.79 Å². The molecule has 0 unspecified atom stereocenters. The normalized spacial score (nSPS) is 12.3. The molecular weight excluding hydrogens is 275 g/mol. The third kappa shape index (κ3) is 2.42. The van der Waals surface area contributed by atoms with Gasteiger partial charge in [-0.1, -0.05) is 6.92 Å². The van der Waals surface area contributed by atoms with Gasteiger partial charge in [-0.05, 0) is 6.42 Å². The van der Waals surface area contributed by atoms with Crippen LogP contribution in [0.1, 0.15) is 23.7 Å². The van der Waals surface area contributed by atoms with Crippen LogP contribution in [-0.4, -0.2) is 16.9 Å². The first-order chi connectivity index (χ1) is 8.73. The lowest BCUT2D eigenvalue weighted by Crippen LogP contribution is -2.26. The number of benzene rings is 1. The van der Waals surface area contributed by atoms with Gasteiger partial charge in [-0.3, -0.25) is 9.59 Å². The Labute approximate surface area is 103 Å². The quantitative estimate of drug-likeness (QED) is 0.304. The van der Waals surface area contributed by atoms with Gasteiger partial charge in [0.2, 0.25) is 5.82 Å². The van der Waals surface area contributed by atoms with Gasteiger partial charge in [0, 0.05) is 0 Å². The van der Waals surface area contributed by atoms with E-state index in [9.17, 15) is 31.5 Å². The van der Waals surface area contributed by atoms with Gasteiger partial charge in [-0.2, -0.15) is 0 Å². The van der Waals surface area contributed by atoms with Crippen LogP contribution in [0, 0.1) is 35.0 Å². The Balaban J connectivity index is 3.52. The summed E-state index contributed by atoms with van der Waals surface area (Å²) in [6, 6.07) is 0. The van der Waals surface area contributed by atoms with Crippen molar-refractivity contribution in [3.63, 3.8) is 0 Å². The number of halogens is 5. The molecule has 0 heterocycles. The molecule has 0 aliphatic heterocycles. The van der Waals surface area contributed by atoms with Crippen molar-refractivity contribution in [1.29, 1.82) is 0 Å². The van der Waals surface area contributed by atoms with E-state index >= 15 is 0 Å². The second kappa shape index (κ2) is 5.33. The fourth-order valence-corrected chi connectivity index (χ4v) is 1.47. The van der Waals surface area contributed by atoms with Crippen molar-refractivity contribution in [3.8, 4) is 0 Å². The second-order valence-corrected chi connectivity index (χ2v) is 3.61. The summed E-state index contributed by atoms with van der Waals surface area (Å²) in [5, 5.41) is 8.65. The molecule has 0 fully saturated rings. The highest BCUT2D eigenvalue weighted by Gasteiger charge is 2.35. The minimum Gasteiger partial charge on any atom is -0.481 e. The molecule has 0 spiro atoms. The first-order valence-electron chi connectivity index (χ1n) is 5.02. The van der Waals surface area contributed by atoms with Crippen LogP contribution in [0.4, 0.5) is 22.0 Å². The predicted molar refractivity (Wildman–Crippen MR) is 52.0 cm³/mol. The largest absolute Gasteiger partial charge is 0.481 e. The van der Waals surface area contributed by atoms with Crippen LogP contribution >= 0.6 is 0 Å². The van der Waals surface area contributed by atoms with Gasteiger partial charge in [0.25, 0.3) is 0 Å². The summed E-state index contributed by atoms with van der Waals surface area (Å²) < 4.78 is 65.0. The van der Waals surface area contributed by atoms with E-state index < -0.39 is 52.3 Å². The van der Waals surface area contributed by atoms with E-state index in [0.29, 0.717) is 0 Å². The summed E-state index contributed by atoms with van der Waals surface area (Å²) in [5.41, 5.74) is -1.73. The molecule has 1 atom stereocenters. The topological polar surface area (TPSA) is 54.4 Å². The maximum Gasteiger partial charge on any atom is 0.314 e. The molecule has 8 heteroatoms. The molecule has 1 rings (SSSR count). The van der Waals surface area contributed by atoms with Crippen LogP contribution in [0.5, 0.6) is 0 Å². The molecule has 0 radical (unpaired) electrons. The number of rotatable bonds is 4. The van der Waals surface area contributed by atoms with Crippen molar-refractivity contribution in [1.82, 2.24) is 0 Å². The number of ketones is 1. The molecule has 0 bridgehead atoms. The number of carboxylic acids is 1. The molecule has 0 saturated heterocycles. The Morgan fingerprint density at radius 2 is 1.32 bits per heavy atom. The number of Topliss-reactive ketones (excluding diaryl/α,β-unsaturated/α-hetero) is 1.